The summed E-state index contributed by atoms with van der Waals surface area (Å²) in [5.41, 5.74) is 0. The first-order chi connectivity index (χ1) is 7.70. The van der Waals surface area contributed by atoms with Gasteiger partial charge in [-0.25, -0.2) is 0 Å². The van der Waals surface area contributed by atoms with Crippen molar-refractivity contribution in [2.45, 2.75) is 58.8 Å². The molecule has 2 fully saturated rings. The number of allylic oxidation sites excluding steroid dienone is 1. The van der Waals surface area contributed by atoms with Gasteiger partial charge in [0.05, 0.1) is 0 Å². The molecule has 0 saturated heterocycles. The van der Waals surface area contributed by atoms with Crippen molar-refractivity contribution < 1.29 is 0 Å². The molecule has 3 atom stereocenters. The molecule has 0 aliphatic heterocycles. The summed E-state index contributed by atoms with van der Waals surface area (Å²) in [5.74, 6) is 4.75. The van der Waals surface area contributed by atoms with Crippen LogP contribution >= 0.6 is 0 Å². The zero-order valence-corrected chi connectivity index (χ0v) is 11.1. The van der Waals surface area contributed by atoms with Crippen molar-refractivity contribution in [1.29, 1.82) is 0 Å². The predicted molar refractivity (Wildman–Crippen MR) is 71.3 cm³/mol. The molecule has 0 aromatic rings. The topological polar surface area (TPSA) is 0 Å². The van der Waals surface area contributed by atoms with Gasteiger partial charge in [-0.05, 0) is 61.7 Å². The summed E-state index contributed by atoms with van der Waals surface area (Å²) in [4.78, 5) is 0. The van der Waals surface area contributed by atoms with E-state index >= 15 is 0 Å². The van der Waals surface area contributed by atoms with E-state index in [9.17, 15) is 0 Å². The standard InChI is InChI=1S/C16H28/c1-4-14-11-16(10-7-13(14)3)15-8-5-12(2)6-9-15/h4,12-16H,1,5-11H2,2-3H3/t12?,13-,14+,15?,16?/m1/s1. The quantitative estimate of drug-likeness (QED) is 0.571. The Bertz CT molecular complexity index is 222. The zero-order chi connectivity index (χ0) is 11.5. The Morgan fingerprint density at radius 3 is 2.12 bits per heavy atom. The lowest BCUT2D eigenvalue weighted by Gasteiger charge is -2.39. The van der Waals surface area contributed by atoms with E-state index in [0.29, 0.717) is 0 Å². The van der Waals surface area contributed by atoms with Crippen LogP contribution in [-0.2, 0) is 0 Å². The van der Waals surface area contributed by atoms with Gasteiger partial charge in [-0.3, -0.25) is 0 Å². The van der Waals surface area contributed by atoms with E-state index in [4.69, 9.17) is 0 Å². The molecule has 2 rings (SSSR count). The van der Waals surface area contributed by atoms with Crippen molar-refractivity contribution >= 4 is 0 Å². The molecule has 2 aliphatic carbocycles. The van der Waals surface area contributed by atoms with Crippen molar-refractivity contribution in [3.8, 4) is 0 Å². The maximum absolute atomic E-state index is 4.03. The highest BCUT2D eigenvalue weighted by molar-refractivity contribution is 4.91. The first-order valence-electron chi connectivity index (χ1n) is 7.33. The van der Waals surface area contributed by atoms with Gasteiger partial charge in [0.1, 0.15) is 0 Å². The fourth-order valence-corrected chi connectivity index (χ4v) is 3.90. The molecule has 0 N–H and O–H groups in total. The molecule has 92 valence electrons. The second-order valence-corrected chi connectivity index (χ2v) is 6.47. The smallest absolute Gasteiger partial charge is 0.0208 e. The third-order valence-electron chi connectivity index (χ3n) is 5.33. The molecule has 16 heavy (non-hydrogen) atoms. The van der Waals surface area contributed by atoms with Gasteiger partial charge in [0, 0.05) is 0 Å². The molecule has 0 amide bonds. The van der Waals surface area contributed by atoms with Crippen LogP contribution in [0, 0.1) is 29.6 Å². The van der Waals surface area contributed by atoms with E-state index in [1.54, 1.807) is 0 Å². The Labute approximate surface area is 102 Å². The van der Waals surface area contributed by atoms with E-state index in [0.717, 1.165) is 29.6 Å². The maximum Gasteiger partial charge on any atom is -0.0208 e. The van der Waals surface area contributed by atoms with E-state index < -0.39 is 0 Å². The Balaban J connectivity index is 1.88. The third kappa shape index (κ3) is 2.70. The molecule has 0 radical (unpaired) electrons. The van der Waals surface area contributed by atoms with Gasteiger partial charge in [-0.1, -0.05) is 32.8 Å². The average Bonchev–Trinajstić information content (AvgIpc) is 2.31. The molecule has 2 aliphatic rings. The Morgan fingerprint density at radius 1 is 0.875 bits per heavy atom. The summed E-state index contributed by atoms with van der Waals surface area (Å²) in [7, 11) is 0. The van der Waals surface area contributed by atoms with Gasteiger partial charge in [0.25, 0.3) is 0 Å². The lowest BCUT2D eigenvalue weighted by molar-refractivity contribution is 0.130. The fourth-order valence-electron chi connectivity index (χ4n) is 3.90. The van der Waals surface area contributed by atoms with Crippen LogP contribution in [0.2, 0.25) is 0 Å². The molecular weight excluding hydrogens is 192 g/mol. The molecule has 0 aromatic carbocycles. The van der Waals surface area contributed by atoms with Gasteiger partial charge in [-0.15, -0.1) is 6.58 Å². The fraction of sp³-hybridized carbons (Fsp3) is 0.875. The van der Waals surface area contributed by atoms with Crippen LogP contribution in [-0.4, -0.2) is 0 Å². The van der Waals surface area contributed by atoms with E-state index in [-0.39, 0.29) is 0 Å². The first-order valence-corrected chi connectivity index (χ1v) is 7.33. The number of hydrogen-bond acceptors (Lipinski definition) is 0. The SMILES string of the molecule is C=C[C@H]1CC(C2CCC(C)CC2)CC[C@H]1C. The number of hydrogen-bond donors (Lipinski definition) is 0. The largest absolute Gasteiger partial charge is 0.103 e. The van der Waals surface area contributed by atoms with Gasteiger partial charge < -0.3 is 0 Å². The summed E-state index contributed by atoms with van der Waals surface area (Å²) >= 11 is 0. The van der Waals surface area contributed by atoms with Crippen molar-refractivity contribution in [1.82, 2.24) is 0 Å². The average molecular weight is 220 g/mol. The third-order valence-corrected chi connectivity index (χ3v) is 5.33. The minimum absolute atomic E-state index is 0.804. The Kier molecular flexibility index (Phi) is 4.10. The minimum atomic E-state index is 0.804. The summed E-state index contributed by atoms with van der Waals surface area (Å²) in [6.45, 7) is 8.86. The zero-order valence-electron chi connectivity index (χ0n) is 11.1. The Hall–Kier alpha value is -0.260. The Morgan fingerprint density at radius 2 is 1.50 bits per heavy atom. The monoisotopic (exact) mass is 220 g/mol. The molecular formula is C16H28. The highest BCUT2D eigenvalue weighted by atomic mass is 14.4. The van der Waals surface area contributed by atoms with Crippen LogP contribution in [0.4, 0.5) is 0 Å². The molecule has 0 spiro atoms. The van der Waals surface area contributed by atoms with Crippen LogP contribution in [0.3, 0.4) is 0 Å². The second kappa shape index (κ2) is 5.38. The van der Waals surface area contributed by atoms with E-state index in [2.05, 4.69) is 26.5 Å². The summed E-state index contributed by atoms with van der Waals surface area (Å²) < 4.78 is 0. The van der Waals surface area contributed by atoms with Crippen LogP contribution in [0.1, 0.15) is 58.8 Å². The van der Waals surface area contributed by atoms with Crippen molar-refractivity contribution in [3.05, 3.63) is 12.7 Å². The predicted octanol–water partition coefficient (Wildman–Crippen LogP) is 5.05. The first kappa shape index (κ1) is 12.2. The molecule has 0 aromatic heterocycles. The molecule has 2 saturated carbocycles. The summed E-state index contributed by atoms with van der Waals surface area (Å²) in [6, 6.07) is 0. The number of rotatable bonds is 2. The van der Waals surface area contributed by atoms with Crippen LogP contribution in [0.5, 0.6) is 0 Å². The lowest BCUT2D eigenvalue weighted by atomic mass is 9.66. The van der Waals surface area contributed by atoms with Crippen LogP contribution in [0.15, 0.2) is 12.7 Å². The molecule has 0 heteroatoms. The summed E-state index contributed by atoms with van der Waals surface area (Å²) in [6.07, 6.45) is 12.6. The molecule has 1 unspecified atom stereocenters. The minimum Gasteiger partial charge on any atom is -0.103 e. The van der Waals surface area contributed by atoms with Crippen molar-refractivity contribution in [2.24, 2.45) is 29.6 Å². The molecule has 0 bridgehead atoms. The van der Waals surface area contributed by atoms with Gasteiger partial charge in [0.2, 0.25) is 0 Å². The van der Waals surface area contributed by atoms with Gasteiger partial charge in [-0.2, -0.15) is 0 Å². The molecule has 0 heterocycles. The van der Waals surface area contributed by atoms with Crippen molar-refractivity contribution in [3.63, 3.8) is 0 Å². The normalized spacial score (nSPS) is 45.2. The lowest BCUT2D eigenvalue weighted by Crippen LogP contribution is -2.28. The highest BCUT2D eigenvalue weighted by Crippen LogP contribution is 2.43. The van der Waals surface area contributed by atoms with E-state index in [1.165, 1.54) is 44.9 Å². The van der Waals surface area contributed by atoms with Crippen LogP contribution < -0.4 is 0 Å². The van der Waals surface area contributed by atoms with Gasteiger partial charge >= 0.3 is 0 Å². The second-order valence-electron chi connectivity index (χ2n) is 6.47. The van der Waals surface area contributed by atoms with E-state index in [1.807, 2.05) is 0 Å². The van der Waals surface area contributed by atoms with Crippen molar-refractivity contribution in [2.75, 3.05) is 0 Å². The van der Waals surface area contributed by atoms with Gasteiger partial charge in [0.15, 0.2) is 0 Å². The highest BCUT2D eigenvalue weighted by Gasteiger charge is 2.32. The maximum atomic E-state index is 4.03. The van der Waals surface area contributed by atoms with Crippen LogP contribution in [0.25, 0.3) is 0 Å². The summed E-state index contributed by atoms with van der Waals surface area (Å²) in [5, 5.41) is 0. The molecule has 0 nitrogen and oxygen atoms in total.